The van der Waals surface area contributed by atoms with Gasteiger partial charge >= 0.3 is 5.97 Å². The zero-order valence-corrected chi connectivity index (χ0v) is 14.0. The summed E-state index contributed by atoms with van der Waals surface area (Å²) in [5, 5.41) is 9.18. The molecule has 0 spiro atoms. The fourth-order valence-electron chi connectivity index (χ4n) is 2.08. The number of nitriles is 1. The van der Waals surface area contributed by atoms with Crippen molar-refractivity contribution in [3.8, 4) is 11.8 Å². The van der Waals surface area contributed by atoms with Gasteiger partial charge in [0.15, 0.2) is 11.3 Å². The molecule has 128 valence electrons. The van der Waals surface area contributed by atoms with Gasteiger partial charge in [0, 0.05) is 11.5 Å². The van der Waals surface area contributed by atoms with E-state index in [0.29, 0.717) is 12.4 Å². The second-order valence-corrected chi connectivity index (χ2v) is 6.33. The second kappa shape index (κ2) is 7.33. The molecule has 1 aromatic heterocycles. The number of hydrogen-bond acceptors (Lipinski definition) is 7. The highest BCUT2D eigenvalue weighted by atomic mass is 32.2. The summed E-state index contributed by atoms with van der Waals surface area (Å²) in [5.41, 5.74) is 0.160. The maximum absolute atomic E-state index is 12.4. The largest absolute Gasteiger partial charge is 0.490 e. The zero-order chi connectivity index (χ0) is 17.7. The Bertz CT molecular complexity index is 895. The maximum atomic E-state index is 12.4. The Morgan fingerprint density at radius 2 is 2.08 bits per heavy atom. The number of benzene rings is 1. The highest BCUT2D eigenvalue weighted by Gasteiger charge is 2.23. The number of furan rings is 1. The van der Waals surface area contributed by atoms with Crippen molar-refractivity contribution in [2.24, 2.45) is 0 Å². The third-order valence-electron chi connectivity index (χ3n) is 3.02. The Morgan fingerprint density at radius 3 is 2.71 bits per heavy atom. The van der Waals surface area contributed by atoms with E-state index in [2.05, 4.69) is 9.46 Å². The summed E-state index contributed by atoms with van der Waals surface area (Å²) in [7, 11) is -4.00. The van der Waals surface area contributed by atoms with E-state index in [1.54, 1.807) is 13.8 Å². The molecule has 0 aliphatic rings. The van der Waals surface area contributed by atoms with Crippen LogP contribution >= 0.6 is 0 Å². The van der Waals surface area contributed by atoms with Gasteiger partial charge in [0.2, 0.25) is 15.8 Å². The van der Waals surface area contributed by atoms with Crippen LogP contribution in [-0.2, 0) is 19.6 Å². The van der Waals surface area contributed by atoms with Crippen LogP contribution in [0.2, 0.25) is 0 Å². The summed E-state index contributed by atoms with van der Waals surface area (Å²) >= 11 is 0. The molecule has 1 aromatic carbocycles. The van der Waals surface area contributed by atoms with E-state index in [9.17, 15) is 13.2 Å². The van der Waals surface area contributed by atoms with Crippen molar-refractivity contribution < 1.29 is 27.1 Å². The van der Waals surface area contributed by atoms with Gasteiger partial charge in [-0.1, -0.05) is 0 Å². The minimum atomic E-state index is -4.00. The number of esters is 1. The number of hydrogen-bond donors (Lipinski definition) is 1. The Kier molecular flexibility index (Phi) is 5.43. The lowest BCUT2D eigenvalue weighted by molar-refractivity contribution is -0.141. The lowest BCUT2D eigenvalue weighted by atomic mass is 10.2. The molecule has 1 heterocycles. The number of ether oxygens (including phenoxy) is 2. The molecule has 2 rings (SSSR count). The molecule has 0 amide bonds. The lowest BCUT2D eigenvalue weighted by Gasteiger charge is -2.09. The predicted molar refractivity (Wildman–Crippen MR) is 83.9 cm³/mol. The molecule has 24 heavy (non-hydrogen) atoms. The minimum absolute atomic E-state index is 0.0426. The molecule has 0 bridgehead atoms. The number of nitrogens with one attached hydrogen (secondary N) is 1. The van der Waals surface area contributed by atoms with Crippen molar-refractivity contribution in [1.29, 1.82) is 5.26 Å². The molecule has 0 aliphatic heterocycles. The second-order valence-electron chi connectivity index (χ2n) is 4.59. The van der Waals surface area contributed by atoms with Crippen LogP contribution in [0.15, 0.2) is 27.5 Å². The number of rotatable bonds is 7. The number of sulfonamides is 1. The molecule has 1 N–H and O–H groups in total. The van der Waals surface area contributed by atoms with Crippen LogP contribution in [0.4, 0.5) is 0 Å². The van der Waals surface area contributed by atoms with Gasteiger partial charge in [0.1, 0.15) is 12.6 Å². The van der Waals surface area contributed by atoms with Gasteiger partial charge in [-0.2, -0.15) is 9.98 Å². The molecular formula is C15H16N2O6S. The van der Waals surface area contributed by atoms with E-state index >= 15 is 0 Å². The van der Waals surface area contributed by atoms with Crippen LogP contribution in [-0.4, -0.2) is 34.1 Å². The Hall–Kier alpha value is -2.57. The molecule has 0 saturated heterocycles. The predicted octanol–water partition coefficient (Wildman–Crippen LogP) is 1.54. The molecule has 0 unspecified atom stereocenters. The van der Waals surface area contributed by atoms with Gasteiger partial charge in [-0.3, -0.25) is 4.79 Å². The van der Waals surface area contributed by atoms with Crippen LogP contribution in [0.25, 0.3) is 11.0 Å². The van der Waals surface area contributed by atoms with Crippen LogP contribution in [0.1, 0.15) is 19.6 Å². The topological polar surface area (TPSA) is 119 Å². The summed E-state index contributed by atoms with van der Waals surface area (Å²) in [6.07, 6.45) is 0. The van der Waals surface area contributed by atoms with Crippen molar-refractivity contribution in [2.45, 2.75) is 18.7 Å². The van der Waals surface area contributed by atoms with Crippen LogP contribution in [0.5, 0.6) is 5.75 Å². The first kappa shape index (κ1) is 17.8. The van der Waals surface area contributed by atoms with E-state index in [1.165, 1.54) is 18.2 Å². The highest BCUT2D eigenvalue weighted by Crippen LogP contribution is 2.33. The average molecular weight is 352 g/mol. The van der Waals surface area contributed by atoms with Gasteiger partial charge in [-0.25, -0.2) is 8.42 Å². The van der Waals surface area contributed by atoms with Crippen LogP contribution < -0.4 is 9.46 Å². The molecule has 0 atom stereocenters. The number of carbonyl (C=O) groups is 1. The molecule has 0 fully saturated rings. The van der Waals surface area contributed by atoms with Crippen molar-refractivity contribution in [2.75, 3.05) is 19.8 Å². The summed E-state index contributed by atoms with van der Waals surface area (Å²) in [5.74, 6) is -0.398. The summed E-state index contributed by atoms with van der Waals surface area (Å²) in [6, 6.07) is 5.91. The van der Waals surface area contributed by atoms with E-state index in [0.717, 1.165) is 0 Å². The van der Waals surface area contributed by atoms with Crippen molar-refractivity contribution in [1.82, 2.24) is 4.72 Å². The fraction of sp³-hybridized carbons (Fsp3) is 0.333. The summed E-state index contributed by atoms with van der Waals surface area (Å²) in [4.78, 5) is 11.2. The Morgan fingerprint density at radius 1 is 1.33 bits per heavy atom. The molecule has 0 radical (unpaired) electrons. The maximum Gasteiger partial charge on any atom is 0.321 e. The highest BCUT2D eigenvalue weighted by molar-refractivity contribution is 7.89. The first-order valence-corrected chi connectivity index (χ1v) is 8.66. The standard InChI is InChI=1S/C15H16N2O6S/c1-3-21-12-5-6-13(11-7-10(8-16)23-15(11)12)24(19,20)17-9-14(18)22-4-2/h5-7,17H,3-4,9H2,1-2H3. The molecule has 0 aliphatic carbocycles. The third-order valence-corrected chi connectivity index (χ3v) is 4.48. The minimum Gasteiger partial charge on any atom is -0.490 e. The Balaban J connectivity index is 2.44. The normalized spacial score (nSPS) is 11.2. The summed E-state index contributed by atoms with van der Waals surface area (Å²) < 4.78 is 42.4. The first-order chi connectivity index (χ1) is 11.4. The van der Waals surface area contributed by atoms with E-state index in [1.807, 2.05) is 6.07 Å². The third kappa shape index (κ3) is 3.67. The van der Waals surface area contributed by atoms with E-state index in [4.69, 9.17) is 14.4 Å². The van der Waals surface area contributed by atoms with Gasteiger partial charge in [0.05, 0.1) is 18.1 Å². The van der Waals surface area contributed by atoms with Crippen LogP contribution in [0.3, 0.4) is 0 Å². The van der Waals surface area contributed by atoms with Gasteiger partial charge in [0.25, 0.3) is 0 Å². The fourth-order valence-corrected chi connectivity index (χ4v) is 3.23. The SMILES string of the molecule is CCOC(=O)CNS(=O)(=O)c1ccc(OCC)c2oc(C#N)cc12. The molecular weight excluding hydrogens is 336 g/mol. The first-order valence-electron chi connectivity index (χ1n) is 7.17. The molecule has 2 aromatic rings. The molecule has 8 nitrogen and oxygen atoms in total. The monoisotopic (exact) mass is 352 g/mol. The lowest BCUT2D eigenvalue weighted by Crippen LogP contribution is -2.30. The van der Waals surface area contributed by atoms with Gasteiger partial charge < -0.3 is 13.9 Å². The number of nitrogens with zero attached hydrogens (tertiary/aromatic N) is 1. The zero-order valence-electron chi connectivity index (χ0n) is 13.2. The van der Waals surface area contributed by atoms with Crippen molar-refractivity contribution in [3.63, 3.8) is 0 Å². The van der Waals surface area contributed by atoms with Gasteiger partial charge in [-0.15, -0.1) is 0 Å². The molecule has 0 saturated carbocycles. The van der Waals surface area contributed by atoms with E-state index < -0.39 is 22.5 Å². The quantitative estimate of drug-likeness (QED) is 0.751. The summed E-state index contributed by atoms with van der Waals surface area (Å²) in [6.45, 7) is 3.41. The molecule has 9 heteroatoms. The van der Waals surface area contributed by atoms with Gasteiger partial charge in [-0.05, 0) is 26.0 Å². The average Bonchev–Trinajstić information content (AvgIpc) is 2.98. The van der Waals surface area contributed by atoms with E-state index in [-0.39, 0.29) is 28.2 Å². The van der Waals surface area contributed by atoms with Crippen LogP contribution in [0, 0.1) is 11.3 Å². The number of fused-ring (bicyclic) bond motifs is 1. The smallest absolute Gasteiger partial charge is 0.321 e. The number of carbonyl (C=O) groups excluding carboxylic acids is 1. The Labute approximate surface area is 139 Å². The van der Waals surface area contributed by atoms with Crippen molar-refractivity contribution in [3.05, 3.63) is 24.0 Å². The van der Waals surface area contributed by atoms with Crippen molar-refractivity contribution >= 4 is 27.0 Å².